The number of nitrogens with zero attached hydrogens (tertiary/aromatic N) is 1. The van der Waals surface area contributed by atoms with Crippen LogP contribution in [0.15, 0.2) is 12.1 Å². The third kappa shape index (κ3) is 3.51. The van der Waals surface area contributed by atoms with Crippen LogP contribution in [0.5, 0.6) is 5.88 Å². The molecule has 0 saturated heterocycles. The number of hydrogen-bond acceptors (Lipinski definition) is 3. The minimum atomic E-state index is 0.203. The molecule has 0 aliphatic carbocycles. The Morgan fingerprint density at radius 2 is 2.20 bits per heavy atom. The smallest absolute Gasteiger partial charge is 0.218 e. The van der Waals surface area contributed by atoms with E-state index in [1.807, 2.05) is 19.1 Å². The van der Waals surface area contributed by atoms with Gasteiger partial charge in [0.05, 0.1) is 6.10 Å². The average molecular weight is 208 g/mol. The van der Waals surface area contributed by atoms with E-state index in [1.54, 1.807) is 0 Å². The molecule has 0 aliphatic heterocycles. The molecule has 1 unspecified atom stereocenters. The molecule has 0 amide bonds. The Bertz CT molecular complexity index is 312. The molecule has 0 bridgehead atoms. The summed E-state index contributed by atoms with van der Waals surface area (Å²) >= 11 is 0. The lowest BCUT2D eigenvalue weighted by Gasteiger charge is -2.15. The van der Waals surface area contributed by atoms with Crippen molar-refractivity contribution in [2.24, 2.45) is 5.73 Å². The van der Waals surface area contributed by atoms with Crippen molar-refractivity contribution in [1.82, 2.24) is 4.98 Å². The average Bonchev–Trinajstić information content (AvgIpc) is 2.18. The number of hydrogen-bond donors (Lipinski definition) is 1. The van der Waals surface area contributed by atoms with Gasteiger partial charge < -0.3 is 10.5 Å². The van der Waals surface area contributed by atoms with Gasteiger partial charge in [0.1, 0.15) is 0 Å². The lowest BCUT2D eigenvalue weighted by atomic mass is 10.2. The van der Waals surface area contributed by atoms with Gasteiger partial charge in [-0.05, 0) is 26.3 Å². The maximum absolute atomic E-state index is 5.77. The van der Waals surface area contributed by atoms with Gasteiger partial charge in [-0.15, -0.1) is 0 Å². The standard InChI is InChI=1S/C12H20N2O/c1-4-5-10(3)15-12-11(8-13)7-6-9(2)14-12/h6-7,10H,4-5,8,13H2,1-3H3. The lowest BCUT2D eigenvalue weighted by Crippen LogP contribution is -2.14. The number of pyridine rings is 1. The predicted molar refractivity (Wildman–Crippen MR) is 61.9 cm³/mol. The van der Waals surface area contributed by atoms with Crippen LogP contribution in [0.2, 0.25) is 0 Å². The van der Waals surface area contributed by atoms with E-state index < -0.39 is 0 Å². The van der Waals surface area contributed by atoms with Crippen molar-refractivity contribution in [1.29, 1.82) is 0 Å². The van der Waals surface area contributed by atoms with Crippen LogP contribution in [0.25, 0.3) is 0 Å². The third-order valence-electron chi connectivity index (χ3n) is 2.31. The Balaban J connectivity index is 2.77. The number of aromatic nitrogens is 1. The zero-order valence-electron chi connectivity index (χ0n) is 9.79. The second kappa shape index (κ2) is 5.71. The normalized spacial score (nSPS) is 12.5. The number of rotatable bonds is 5. The van der Waals surface area contributed by atoms with Crippen LogP contribution in [-0.4, -0.2) is 11.1 Å². The highest BCUT2D eigenvalue weighted by Crippen LogP contribution is 2.18. The Kier molecular flexibility index (Phi) is 4.56. The third-order valence-corrected chi connectivity index (χ3v) is 2.31. The van der Waals surface area contributed by atoms with Gasteiger partial charge in [-0.1, -0.05) is 19.4 Å². The molecule has 0 aliphatic rings. The maximum Gasteiger partial charge on any atom is 0.218 e. The van der Waals surface area contributed by atoms with Crippen molar-refractivity contribution in [2.75, 3.05) is 0 Å². The summed E-state index contributed by atoms with van der Waals surface area (Å²) in [6.07, 6.45) is 2.36. The molecule has 84 valence electrons. The van der Waals surface area contributed by atoms with Gasteiger partial charge in [0.15, 0.2) is 0 Å². The first kappa shape index (κ1) is 12.0. The van der Waals surface area contributed by atoms with E-state index in [0.717, 1.165) is 24.1 Å². The van der Waals surface area contributed by atoms with Crippen LogP contribution in [0.3, 0.4) is 0 Å². The van der Waals surface area contributed by atoms with Crippen molar-refractivity contribution < 1.29 is 4.74 Å². The van der Waals surface area contributed by atoms with Gasteiger partial charge in [-0.3, -0.25) is 0 Å². The molecule has 3 heteroatoms. The van der Waals surface area contributed by atoms with Gasteiger partial charge >= 0.3 is 0 Å². The van der Waals surface area contributed by atoms with E-state index in [9.17, 15) is 0 Å². The summed E-state index contributed by atoms with van der Waals surface area (Å²) < 4.78 is 5.77. The van der Waals surface area contributed by atoms with Crippen LogP contribution in [0, 0.1) is 6.92 Å². The van der Waals surface area contributed by atoms with Crippen LogP contribution in [0.1, 0.15) is 37.9 Å². The summed E-state index contributed by atoms with van der Waals surface area (Å²) in [6, 6.07) is 3.94. The van der Waals surface area contributed by atoms with Crippen LogP contribution in [-0.2, 0) is 6.54 Å². The summed E-state index contributed by atoms with van der Waals surface area (Å²) in [5, 5.41) is 0. The second-order valence-electron chi connectivity index (χ2n) is 3.84. The Morgan fingerprint density at radius 1 is 1.47 bits per heavy atom. The Hall–Kier alpha value is -1.09. The lowest BCUT2D eigenvalue weighted by molar-refractivity contribution is 0.199. The van der Waals surface area contributed by atoms with E-state index >= 15 is 0 Å². The van der Waals surface area contributed by atoms with E-state index in [2.05, 4.69) is 18.8 Å². The topological polar surface area (TPSA) is 48.1 Å². The molecule has 0 aromatic carbocycles. The largest absolute Gasteiger partial charge is 0.474 e. The minimum absolute atomic E-state index is 0.203. The van der Waals surface area contributed by atoms with Gasteiger partial charge in [-0.2, -0.15) is 0 Å². The Morgan fingerprint density at radius 3 is 2.80 bits per heavy atom. The van der Waals surface area contributed by atoms with Gasteiger partial charge in [0, 0.05) is 17.8 Å². The number of ether oxygens (including phenoxy) is 1. The molecule has 0 radical (unpaired) electrons. The molecular weight excluding hydrogens is 188 g/mol. The van der Waals surface area contributed by atoms with Crippen molar-refractivity contribution >= 4 is 0 Å². The first-order chi connectivity index (χ1) is 7.17. The molecule has 1 atom stereocenters. The summed E-state index contributed by atoms with van der Waals surface area (Å²) in [7, 11) is 0. The quantitative estimate of drug-likeness (QED) is 0.808. The molecule has 15 heavy (non-hydrogen) atoms. The number of nitrogens with two attached hydrogens (primary N) is 1. The molecular formula is C12H20N2O. The van der Waals surface area contributed by atoms with E-state index in [0.29, 0.717) is 12.4 Å². The predicted octanol–water partition coefficient (Wildman–Crippen LogP) is 2.42. The first-order valence-corrected chi connectivity index (χ1v) is 5.50. The molecule has 2 N–H and O–H groups in total. The molecule has 0 fully saturated rings. The summed E-state index contributed by atoms with van der Waals surface area (Å²) in [5.74, 6) is 0.693. The molecule has 3 nitrogen and oxygen atoms in total. The highest BCUT2D eigenvalue weighted by molar-refractivity contribution is 5.27. The first-order valence-electron chi connectivity index (χ1n) is 5.50. The maximum atomic E-state index is 5.77. The molecule has 0 spiro atoms. The fourth-order valence-electron chi connectivity index (χ4n) is 1.48. The summed E-state index contributed by atoms with van der Waals surface area (Å²) in [6.45, 7) is 6.64. The van der Waals surface area contributed by atoms with Crippen molar-refractivity contribution in [3.8, 4) is 5.88 Å². The highest BCUT2D eigenvalue weighted by atomic mass is 16.5. The molecule has 1 rings (SSSR count). The highest BCUT2D eigenvalue weighted by Gasteiger charge is 2.08. The van der Waals surface area contributed by atoms with E-state index in [4.69, 9.17) is 10.5 Å². The zero-order chi connectivity index (χ0) is 11.3. The second-order valence-corrected chi connectivity index (χ2v) is 3.84. The fraction of sp³-hybridized carbons (Fsp3) is 0.583. The van der Waals surface area contributed by atoms with E-state index in [-0.39, 0.29) is 6.10 Å². The molecule has 1 aromatic heterocycles. The van der Waals surface area contributed by atoms with Gasteiger partial charge in [0.25, 0.3) is 0 Å². The van der Waals surface area contributed by atoms with Crippen LogP contribution >= 0.6 is 0 Å². The van der Waals surface area contributed by atoms with Crippen molar-refractivity contribution in [3.63, 3.8) is 0 Å². The van der Waals surface area contributed by atoms with Gasteiger partial charge in [0.2, 0.25) is 5.88 Å². The Labute approximate surface area is 91.7 Å². The number of aryl methyl sites for hydroxylation is 1. The molecule has 0 saturated carbocycles. The fourth-order valence-corrected chi connectivity index (χ4v) is 1.48. The molecule has 1 aromatic rings. The molecule has 1 heterocycles. The van der Waals surface area contributed by atoms with Crippen LogP contribution < -0.4 is 10.5 Å². The van der Waals surface area contributed by atoms with Gasteiger partial charge in [-0.25, -0.2) is 4.98 Å². The van der Waals surface area contributed by atoms with Crippen LogP contribution in [0.4, 0.5) is 0 Å². The monoisotopic (exact) mass is 208 g/mol. The zero-order valence-corrected chi connectivity index (χ0v) is 9.79. The van der Waals surface area contributed by atoms with Crippen molar-refractivity contribution in [3.05, 3.63) is 23.4 Å². The SMILES string of the molecule is CCCC(C)Oc1nc(C)ccc1CN. The summed E-state index contributed by atoms with van der Waals surface area (Å²) in [5.41, 5.74) is 7.57. The van der Waals surface area contributed by atoms with Crippen molar-refractivity contribution in [2.45, 2.75) is 46.3 Å². The minimum Gasteiger partial charge on any atom is -0.474 e. The van der Waals surface area contributed by atoms with E-state index in [1.165, 1.54) is 0 Å². The summed E-state index contributed by atoms with van der Waals surface area (Å²) in [4.78, 5) is 4.36.